The van der Waals surface area contributed by atoms with E-state index in [4.69, 9.17) is 5.11 Å². The van der Waals surface area contributed by atoms with Crippen LogP contribution in [-0.4, -0.2) is 32.0 Å². The van der Waals surface area contributed by atoms with Gasteiger partial charge in [-0.15, -0.1) is 0 Å². The molecule has 2 heterocycles. The van der Waals surface area contributed by atoms with Crippen molar-refractivity contribution in [2.45, 2.75) is 19.4 Å². The zero-order valence-corrected chi connectivity index (χ0v) is 11.2. The van der Waals surface area contributed by atoms with Crippen molar-refractivity contribution in [3.05, 3.63) is 28.9 Å². The molecule has 0 aliphatic heterocycles. The van der Waals surface area contributed by atoms with Crippen LogP contribution < -0.4 is 5.32 Å². The minimum absolute atomic E-state index is 0.190. The van der Waals surface area contributed by atoms with E-state index in [2.05, 4.69) is 31.2 Å². The molecule has 2 aromatic heterocycles. The summed E-state index contributed by atoms with van der Waals surface area (Å²) in [5.41, 5.74) is 1.81. The number of nitrogens with one attached hydrogen (secondary N) is 1. The smallest absolute Gasteiger partial charge is 0.303 e. The van der Waals surface area contributed by atoms with Gasteiger partial charge in [0.25, 0.3) is 0 Å². The molecular weight excluding hydrogens is 300 g/mol. The molecule has 0 saturated carbocycles. The summed E-state index contributed by atoms with van der Waals surface area (Å²) < 4.78 is 2.70. The molecule has 2 aromatic rings. The topological polar surface area (TPSA) is 79.5 Å². The van der Waals surface area contributed by atoms with Crippen LogP contribution in [0.4, 0.5) is 0 Å². The molecule has 2 rings (SSSR count). The van der Waals surface area contributed by atoms with Crippen LogP contribution in [0.3, 0.4) is 0 Å². The molecule has 0 spiro atoms. The number of rotatable bonds is 6. The van der Waals surface area contributed by atoms with Gasteiger partial charge in [-0.25, -0.2) is 9.97 Å². The van der Waals surface area contributed by atoms with E-state index in [9.17, 15) is 4.79 Å². The number of halogens is 1. The molecule has 7 heteroatoms. The molecule has 18 heavy (non-hydrogen) atoms. The maximum Gasteiger partial charge on any atom is 0.303 e. The molecular formula is C11H13BrN4O2. The van der Waals surface area contributed by atoms with E-state index in [1.165, 1.54) is 0 Å². The van der Waals surface area contributed by atoms with Gasteiger partial charge in [0, 0.05) is 19.2 Å². The van der Waals surface area contributed by atoms with E-state index in [0.717, 1.165) is 15.9 Å². The number of fused-ring (bicyclic) bond motifs is 1. The van der Waals surface area contributed by atoms with Crippen LogP contribution in [-0.2, 0) is 11.3 Å². The van der Waals surface area contributed by atoms with Crippen LogP contribution in [0.25, 0.3) is 5.65 Å². The molecule has 0 aliphatic carbocycles. The average molecular weight is 313 g/mol. The molecule has 0 saturated heterocycles. The van der Waals surface area contributed by atoms with E-state index >= 15 is 0 Å². The van der Waals surface area contributed by atoms with Crippen molar-refractivity contribution in [2.75, 3.05) is 6.54 Å². The number of nitrogens with zero attached hydrogens (tertiary/aromatic N) is 3. The predicted molar refractivity (Wildman–Crippen MR) is 69.3 cm³/mol. The van der Waals surface area contributed by atoms with Crippen LogP contribution >= 0.6 is 15.9 Å². The molecule has 0 aromatic carbocycles. The average Bonchev–Trinajstić information content (AvgIpc) is 2.71. The Bertz CT molecular complexity index is 555. The second-order valence-electron chi connectivity index (χ2n) is 3.86. The van der Waals surface area contributed by atoms with Gasteiger partial charge in [-0.05, 0) is 28.9 Å². The fourth-order valence-electron chi connectivity index (χ4n) is 1.63. The lowest BCUT2D eigenvalue weighted by Crippen LogP contribution is -2.16. The lowest BCUT2D eigenvalue weighted by Gasteiger charge is -2.04. The summed E-state index contributed by atoms with van der Waals surface area (Å²) in [5.74, 6) is -0.762. The maximum atomic E-state index is 10.3. The highest BCUT2D eigenvalue weighted by Crippen LogP contribution is 2.10. The molecule has 0 unspecified atom stereocenters. The third-order valence-corrected chi connectivity index (χ3v) is 2.90. The largest absolute Gasteiger partial charge is 0.481 e. The Hall–Kier alpha value is -1.47. The Balaban J connectivity index is 1.91. The number of hydrogen-bond acceptors (Lipinski definition) is 4. The minimum atomic E-state index is -0.762. The lowest BCUT2D eigenvalue weighted by atomic mass is 10.3. The minimum Gasteiger partial charge on any atom is -0.481 e. The number of aromatic nitrogens is 3. The number of aliphatic carboxylic acids is 1. The van der Waals surface area contributed by atoms with E-state index in [1.807, 2.05) is 10.6 Å². The number of carboxylic acid groups (broad SMARTS) is 1. The van der Waals surface area contributed by atoms with E-state index in [0.29, 0.717) is 19.5 Å². The first-order valence-electron chi connectivity index (χ1n) is 5.57. The molecule has 96 valence electrons. The normalized spacial score (nSPS) is 10.9. The number of carboxylic acids is 1. The Morgan fingerprint density at radius 1 is 1.44 bits per heavy atom. The first-order chi connectivity index (χ1) is 8.66. The second-order valence-corrected chi connectivity index (χ2v) is 4.67. The van der Waals surface area contributed by atoms with Gasteiger partial charge in [0.2, 0.25) is 0 Å². The fraction of sp³-hybridized carbons (Fsp3) is 0.364. The highest BCUT2D eigenvalue weighted by atomic mass is 79.9. The van der Waals surface area contributed by atoms with Gasteiger partial charge in [-0.3, -0.25) is 9.20 Å². The number of imidazole rings is 1. The number of carbonyl (C=O) groups is 1. The van der Waals surface area contributed by atoms with Gasteiger partial charge < -0.3 is 10.4 Å². The van der Waals surface area contributed by atoms with E-state index in [-0.39, 0.29) is 6.42 Å². The van der Waals surface area contributed by atoms with Crippen molar-refractivity contribution < 1.29 is 9.90 Å². The molecule has 2 N–H and O–H groups in total. The van der Waals surface area contributed by atoms with Gasteiger partial charge in [-0.2, -0.15) is 0 Å². The molecule has 0 amide bonds. The first-order valence-corrected chi connectivity index (χ1v) is 6.36. The highest BCUT2D eigenvalue weighted by Gasteiger charge is 2.04. The summed E-state index contributed by atoms with van der Waals surface area (Å²) in [6, 6.07) is 0. The summed E-state index contributed by atoms with van der Waals surface area (Å²) in [7, 11) is 0. The van der Waals surface area contributed by atoms with E-state index < -0.39 is 5.97 Å². The monoisotopic (exact) mass is 312 g/mol. The molecule has 0 atom stereocenters. The second kappa shape index (κ2) is 5.92. The third kappa shape index (κ3) is 3.27. The van der Waals surface area contributed by atoms with Crippen LogP contribution in [0.5, 0.6) is 0 Å². The van der Waals surface area contributed by atoms with Gasteiger partial charge in [-0.1, -0.05) is 0 Å². The quantitative estimate of drug-likeness (QED) is 0.789. The predicted octanol–water partition coefficient (Wildman–Crippen LogP) is 1.45. The zero-order chi connectivity index (χ0) is 13.0. The van der Waals surface area contributed by atoms with Crippen LogP contribution in [0.15, 0.2) is 23.2 Å². The molecule has 0 bridgehead atoms. The van der Waals surface area contributed by atoms with Crippen molar-refractivity contribution in [1.29, 1.82) is 0 Å². The molecule has 0 fully saturated rings. The van der Waals surface area contributed by atoms with Gasteiger partial charge in [0.1, 0.15) is 4.60 Å². The summed E-state index contributed by atoms with van der Waals surface area (Å²) in [6.45, 7) is 1.32. The van der Waals surface area contributed by atoms with Crippen molar-refractivity contribution in [3.8, 4) is 0 Å². The standard InChI is InChI=1S/C11H13BrN4O2/c12-9-7-16-8(5-15-10(16)6-14-9)4-13-3-1-2-11(17)18/h5-7,13H,1-4H2,(H,17,18). The SMILES string of the molecule is O=C(O)CCCNCc1cnc2cnc(Br)cn12. The maximum absolute atomic E-state index is 10.3. The van der Waals surface area contributed by atoms with Gasteiger partial charge in [0.15, 0.2) is 5.65 Å². The summed E-state index contributed by atoms with van der Waals surface area (Å²) >= 11 is 3.31. The molecule has 0 radical (unpaired) electrons. The molecule has 6 nitrogen and oxygen atoms in total. The first kappa shape index (κ1) is 13.0. The van der Waals surface area contributed by atoms with Crippen molar-refractivity contribution in [1.82, 2.24) is 19.7 Å². The Morgan fingerprint density at radius 2 is 2.28 bits per heavy atom. The highest BCUT2D eigenvalue weighted by molar-refractivity contribution is 9.10. The molecule has 0 aliphatic rings. The zero-order valence-electron chi connectivity index (χ0n) is 9.64. The summed E-state index contributed by atoms with van der Waals surface area (Å²) in [6.07, 6.45) is 6.15. The van der Waals surface area contributed by atoms with Crippen LogP contribution in [0, 0.1) is 0 Å². The lowest BCUT2D eigenvalue weighted by molar-refractivity contribution is -0.137. The Labute approximate surface area is 112 Å². The van der Waals surface area contributed by atoms with Crippen LogP contribution in [0.1, 0.15) is 18.5 Å². The van der Waals surface area contributed by atoms with Crippen LogP contribution in [0.2, 0.25) is 0 Å². The van der Waals surface area contributed by atoms with Gasteiger partial charge in [0.05, 0.1) is 18.1 Å². The fourth-order valence-corrected chi connectivity index (χ4v) is 1.94. The Morgan fingerprint density at radius 3 is 3.06 bits per heavy atom. The van der Waals surface area contributed by atoms with Gasteiger partial charge >= 0.3 is 5.97 Å². The third-order valence-electron chi connectivity index (χ3n) is 2.49. The summed E-state index contributed by atoms with van der Waals surface area (Å²) in [4.78, 5) is 18.7. The van der Waals surface area contributed by atoms with Crippen molar-refractivity contribution >= 4 is 27.5 Å². The van der Waals surface area contributed by atoms with Crippen molar-refractivity contribution in [3.63, 3.8) is 0 Å². The van der Waals surface area contributed by atoms with E-state index in [1.54, 1.807) is 12.4 Å². The van der Waals surface area contributed by atoms with Crippen molar-refractivity contribution in [2.24, 2.45) is 0 Å². The Kier molecular flexibility index (Phi) is 4.27. The number of hydrogen-bond donors (Lipinski definition) is 2. The summed E-state index contributed by atoms with van der Waals surface area (Å²) in [5, 5.41) is 11.7.